The number of hydrogen-bond acceptors (Lipinski definition) is 5. The number of anilines is 2. The van der Waals surface area contributed by atoms with Crippen LogP contribution in [0.1, 0.15) is 31.2 Å². The lowest BCUT2D eigenvalue weighted by Crippen LogP contribution is -2.37. The second-order valence-corrected chi connectivity index (χ2v) is 10.1. The van der Waals surface area contributed by atoms with Gasteiger partial charge in [-0.15, -0.1) is 0 Å². The number of halogens is 1. The van der Waals surface area contributed by atoms with E-state index in [-0.39, 0.29) is 11.6 Å². The van der Waals surface area contributed by atoms with E-state index in [1.807, 2.05) is 48.7 Å². The highest BCUT2D eigenvalue weighted by Gasteiger charge is 2.22. The number of aromatic nitrogens is 3. The molecular formula is C27H29ClN6O3. The predicted molar refractivity (Wildman–Crippen MR) is 146 cm³/mol. The Morgan fingerprint density at radius 3 is 2.70 bits per heavy atom. The van der Waals surface area contributed by atoms with Crippen molar-refractivity contribution in [2.45, 2.75) is 38.3 Å². The average molecular weight is 521 g/mol. The molecule has 1 saturated carbocycles. The Balaban J connectivity index is 1.38. The molecule has 0 atom stereocenters. The number of benzene rings is 2. The molecule has 0 aliphatic heterocycles. The normalized spacial score (nSPS) is 17.5. The van der Waals surface area contributed by atoms with Gasteiger partial charge in [0.1, 0.15) is 0 Å². The fourth-order valence-electron chi connectivity index (χ4n) is 5.09. The molecule has 1 aliphatic rings. The number of aromatic amines is 1. The minimum atomic E-state index is -0.963. The lowest BCUT2D eigenvalue weighted by molar-refractivity contribution is 0.183. The fraction of sp³-hybridized carbons (Fsp3) is 0.296. The molecule has 1 aliphatic carbocycles. The van der Waals surface area contributed by atoms with E-state index in [9.17, 15) is 9.59 Å². The summed E-state index contributed by atoms with van der Waals surface area (Å²) in [5.74, 6) is 0.850. The van der Waals surface area contributed by atoms with Crippen molar-refractivity contribution in [3.63, 3.8) is 0 Å². The van der Waals surface area contributed by atoms with Crippen LogP contribution < -0.4 is 21.9 Å². The minimum Gasteiger partial charge on any atom is -0.465 e. The number of nitrogens with two attached hydrogens (primary N) is 1. The van der Waals surface area contributed by atoms with Crippen molar-refractivity contribution in [2.75, 3.05) is 17.6 Å². The minimum absolute atomic E-state index is 0.0240. The van der Waals surface area contributed by atoms with Crippen molar-refractivity contribution in [1.82, 2.24) is 20.1 Å². The van der Waals surface area contributed by atoms with Crippen LogP contribution >= 0.6 is 11.6 Å². The smallest absolute Gasteiger partial charge is 0.404 e. The molecule has 0 bridgehead atoms. The largest absolute Gasteiger partial charge is 0.465 e. The van der Waals surface area contributed by atoms with Gasteiger partial charge >= 0.3 is 6.09 Å². The summed E-state index contributed by atoms with van der Waals surface area (Å²) in [6, 6.07) is 14.9. The highest BCUT2D eigenvalue weighted by atomic mass is 35.5. The van der Waals surface area contributed by atoms with E-state index in [1.54, 1.807) is 10.6 Å². The van der Waals surface area contributed by atoms with Crippen LogP contribution in [-0.4, -0.2) is 38.6 Å². The maximum atomic E-state index is 12.6. The number of amides is 1. The fourth-order valence-corrected chi connectivity index (χ4v) is 5.30. The zero-order valence-electron chi connectivity index (χ0n) is 20.2. The zero-order chi connectivity index (χ0) is 25.9. The monoisotopic (exact) mass is 520 g/mol. The summed E-state index contributed by atoms with van der Waals surface area (Å²) in [5.41, 5.74) is 10.5. The number of carbonyl (C=O) groups is 1. The summed E-state index contributed by atoms with van der Waals surface area (Å²) < 4.78 is 1.67. The maximum Gasteiger partial charge on any atom is 0.404 e. The Labute approximate surface area is 218 Å². The number of nitrogens with one attached hydrogen (secondary N) is 3. The quantitative estimate of drug-likeness (QED) is 0.234. The van der Waals surface area contributed by atoms with Gasteiger partial charge in [0.15, 0.2) is 5.82 Å². The standard InChI is InChI=1S/C27H29ClN6O3/c28-20-3-1-2-17(10-20)14-34-15-18(6-9-24(34)35)19-11-22(25-23(12-19)32-33-26(25)29)30-13-16-4-7-21(8-5-16)31-27(36)37/h1-3,6,9-12,15-16,21,30-31H,4-5,7-8,13-14H2,(H,36,37)(H3,29,32,33). The van der Waals surface area contributed by atoms with Crippen LogP contribution in [0.3, 0.4) is 0 Å². The first kappa shape index (κ1) is 24.7. The zero-order valence-corrected chi connectivity index (χ0v) is 21.0. The molecule has 2 heterocycles. The van der Waals surface area contributed by atoms with Crippen molar-refractivity contribution >= 4 is 40.1 Å². The van der Waals surface area contributed by atoms with E-state index in [0.717, 1.165) is 65.5 Å². The summed E-state index contributed by atoms with van der Waals surface area (Å²) in [6.07, 6.45) is 4.43. The van der Waals surface area contributed by atoms with Gasteiger partial charge in [-0.05, 0) is 78.6 Å². The molecule has 0 saturated heterocycles. The number of pyridine rings is 1. The molecule has 2 aromatic carbocycles. The van der Waals surface area contributed by atoms with Gasteiger partial charge in [-0.1, -0.05) is 23.7 Å². The molecule has 10 heteroatoms. The Morgan fingerprint density at radius 1 is 1.14 bits per heavy atom. The first-order valence-corrected chi connectivity index (χ1v) is 12.7. The van der Waals surface area contributed by atoms with E-state index >= 15 is 0 Å². The Morgan fingerprint density at radius 2 is 1.95 bits per heavy atom. The first-order valence-electron chi connectivity index (χ1n) is 12.3. The second-order valence-electron chi connectivity index (χ2n) is 9.62. The van der Waals surface area contributed by atoms with Gasteiger partial charge in [-0.25, -0.2) is 4.79 Å². The lowest BCUT2D eigenvalue weighted by atomic mass is 9.86. The summed E-state index contributed by atoms with van der Waals surface area (Å²) in [5, 5.41) is 23.8. The van der Waals surface area contributed by atoms with Gasteiger partial charge in [0, 0.05) is 35.6 Å². The molecule has 192 valence electrons. The predicted octanol–water partition coefficient (Wildman–Crippen LogP) is 4.91. The van der Waals surface area contributed by atoms with Gasteiger partial charge in [-0.2, -0.15) is 5.10 Å². The molecule has 0 unspecified atom stereocenters. The number of nitrogens with zero attached hydrogens (tertiary/aromatic N) is 2. The van der Waals surface area contributed by atoms with E-state index in [0.29, 0.717) is 23.3 Å². The third-order valence-corrected chi connectivity index (χ3v) is 7.24. The highest BCUT2D eigenvalue weighted by Crippen LogP contribution is 2.34. The van der Waals surface area contributed by atoms with Gasteiger partial charge in [0.2, 0.25) is 0 Å². The molecule has 4 aromatic rings. The number of fused-ring (bicyclic) bond motifs is 1. The van der Waals surface area contributed by atoms with Gasteiger partial charge in [-0.3, -0.25) is 9.89 Å². The van der Waals surface area contributed by atoms with E-state index in [1.165, 1.54) is 0 Å². The van der Waals surface area contributed by atoms with Crippen LogP contribution in [0.15, 0.2) is 59.5 Å². The van der Waals surface area contributed by atoms with Gasteiger partial charge in [0.05, 0.1) is 17.4 Å². The first-order chi connectivity index (χ1) is 17.9. The van der Waals surface area contributed by atoms with Crippen LogP contribution in [0.25, 0.3) is 22.0 Å². The number of carboxylic acid groups (broad SMARTS) is 1. The number of hydrogen-bond donors (Lipinski definition) is 5. The van der Waals surface area contributed by atoms with Crippen molar-refractivity contribution in [2.24, 2.45) is 5.92 Å². The van der Waals surface area contributed by atoms with Crippen molar-refractivity contribution < 1.29 is 9.90 Å². The Hall–Kier alpha value is -3.98. The molecule has 2 aromatic heterocycles. The molecule has 37 heavy (non-hydrogen) atoms. The van der Waals surface area contributed by atoms with Gasteiger partial charge < -0.3 is 26.0 Å². The van der Waals surface area contributed by atoms with Crippen molar-refractivity contribution in [3.05, 3.63) is 75.7 Å². The molecule has 0 spiro atoms. The third-order valence-electron chi connectivity index (χ3n) is 7.01. The van der Waals surface area contributed by atoms with Crippen LogP contribution in [0.4, 0.5) is 16.3 Å². The molecular weight excluding hydrogens is 492 g/mol. The van der Waals surface area contributed by atoms with Crippen LogP contribution in [0.5, 0.6) is 0 Å². The maximum absolute atomic E-state index is 12.6. The SMILES string of the molecule is Nc1n[nH]c2cc(-c3ccc(=O)n(Cc4cccc(Cl)c4)c3)cc(NCC3CCC(NC(=O)O)CC3)c12. The topological polar surface area (TPSA) is 138 Å². The molecule has 0 radical (unpaired) electrons. The number of nitrogen functional groups attached to an aromatic ring is 1. The molecule has 6 N–H and O–H groups in total. The number of H-pyrrole nitrogens is 1. The number of rotatable bonds is 7. The van der Waals surface area contributed by atoms with Crippen molar-refractivity contribution in [3.8, 4) is 11.1 Å². The van der Waals surface area contributed by atoms with Gasteiger partial charge in [0.25, 0.3) is 5.56 Å². The van der Waals surface area contributed by atoms with Crippen molar-refractivity contribution in [1.29, 1.82) is 0 Å². The van der Waals surface area contributed by atoms with E-state index in [2.05, 4.69) is 20.8 Å². The van der Waals surface area contributed by atoms with Crippen LogP contribution in [0, 0.1) is 5.92 Å². The summed E-state index contributed by atoms with van der Waals surface area (Å²) in [4.78, 5) is 23.5. The molecule has 1 fully saturated rings. The highest BCUT2D eigenvalue weighted by molar-refractivity contribution is 6.30. The van der Waals surface area contributed by atoms with E-state index < -0.39 is 6.09 Å². The molecule has 1 amide bonds. The average Bonchev–Trinajstić information content (AvgIpc) is 3.25. The van der Waals surface area contributed by atoms with Crippen LogP contribution in [-0.2, 0) is 6.54 Å². The summed E-state index contributed by atoms with van der Waals surface area (Å²) in [7, 11) is 0. The summed E-state index contributed by atoms with van der Waals surface area (Å²) in [6.45, 7) is 1.16. The van der Waals surface area contributed by atoms with E-state index in [4.69, 9.17) is 22.4 Å². The Bertz CT molecular complexity index is 1490. The lowest BCUT2D eigenvalue weighted by Gasteiger charge is -2.28. The molecule has 9 nitrogen and oxygen atoms in total. The Kier molecular flexibility index (Phi) is 7.05. The second kappa shape index (κ2) is 10.6. The molecule has 5 rings (SSSR count). The third kappa shape index (κ3) is 5.72. The van der Waals surface area contributed by atoms with Crippen LogP contribution in [0.2, 0.25) is 5.02 Å². The summed E-state index contributed by atoms with van der Waals surface area (Å²) >= 11 is 6.13.